The lowest BCUT2D eigenvalue weighted by Crippen LogP contribution is -2.39. The van der Waals surface area contributed by atoms with Crippen LogP contribution in [0.1, 0.15) is 31.4 Å². The number of piperidine rings is 1. The van der Waals surface area contributed by atoms with E-state index in [0.717, 1.165) is 31.1 Å². The van der Waals surface area contributed by atoms with Gasteiger partial charge in [0.15, 0.2) is 11.5 Å². The first kappa shape index (κ1) is 13.7. The SMILES string of the molecule is CC(c1ccc2c(c1)OCCO2)N1CCCC(CN)C1. The normalized spacial score (nSPS) is 24.4. The number of nitrogens with two attached hydrogens (primary N) is 1. The van der Waals surface area contributed by atoms with Crippen molar-refractivity contribution in [2.24, 2.45) is 11.7 Å². The molecule has 20 heavy (non-hydrogen) atoms. The molecule has 4 nitrogen and oxygen atoms in total. The van der Waals surface area contributed by atoms with Crippen molar-refractivity contribution < 1.29 is 9.47 Å². The molecule has 1 fully saturated rings. The minimum absolute atomic E-state index is 0.403. The van der Waals surface area contributed by atoms with Crippen molar-refractivity contribution in [2.45, 2.75) is 25.8 Å². The molecule has 0 radical (unpaired) electrons. The average molecular weight is 276 g/mol. The first-order chi connectivity index (χ1) is 9.78. The second kappa shape index (κ2) is 6.02. The number of hydrogen-bond donors (Lipinski definition) is 1. The van der Waals surface area contributed by atoms with Crippen molar-refractivity contribution >= 4 is 0 Å². The molecule has 0 bridgehead atoms. The van der Waals surface area contributed by atoms with Gasteiger partial charge in [-0.3, -0.25) is 4.90 Å². The Bertz CT molecular complexity index is 464. The number of likely N-dealkylation sites (tertiary alicyclic amines) is 1. The van der Waals surface area contributed by atoms with Gasteiger partial charge in [0, 0.05) is 12.6 Å². The lowest BCUT2D eigenvalue weighted by atomic mass is 9.95. The van der Waals surface area contributed by atoms with Gasteiger partial charge in [-0.05, 0) is 56.5 Å². The van der Waals surface area contributed by atoms with E-state index in [2.05, 4.69) is 24.0 Å². The van der Waals surface area contributed by atoms with Gasteiger partial charge in [-0.2, -0.15) is 0 Å². The molecule has 1 aromatic carbocycles. The Morgan fingerprint density at radius 2 is 2.10 bits per heavy atom. The fraction of sp³-hybridized carbons (Fsp3) is 0.625. The van der Waals surface area contributed by atoms with Gasteiger partial charge in [0.1, 0.15) is 13.2 Å². The fourth-order valence-electron chi connectivity index (χ4n) is 3.17. The third kappa shape index (κ3) is 2.76. The zero-order valence-electron chi connectivity index (χ0n) is 12.2. The number of benzene rings is 1. The van der Waals surface area contributed by atoms with Crippen LogP contribution in [0.2, 0.25) is 0 Å². The summed E-state index contributed by atoms with van der Waals surface area (Å²) in [5.74, 6) is 2.39. The first-order valence-corrected chi connectivity index (χ1v) is 7.61. The van der Waals surface area contributed by atoms with Gasteiger partial charge in [0.2, 0.25) is 0 Å². The van der Waals surface area contributed by atoms with Crippen molar-refractivity contribution in [1.82, 2.24) is 4.90 Å². The van der Waals surface area contributed by atoms with Crippen molar-refractivity contribution in [3.05, 3.63) is 23.8 Å². The van der Waals surface area contributed by atoms with Crippen molar-refractivity contribution in [3.8, 4) is 11.5 Å². The van der Waals surface area contributed by atoms with Crippen molar-refractivity contribution in [3.63, 3.8) is 0 Å². The van der Waals surface area contributed by atoms with Gasteiger partial charge >= 0.3 is 0 Å². The average Bonchev–Trinajstić information content (AvgIpc) is 2.53. The zero-order chi connectivity index (χ0) is 13.9. The highest BCUT2D eigenvalue weighted by molar-refractivity contribution is 5.44. The summed E-state index contributed by atoms with van der Waals surface area (Å²) in [7, 11) is 0. The van der Waals surface area contributed by atoms with Crippen LogP contribution >= 0.6 is 0 Å². The molecule has 2 aliphatic heterocycles. The smallest absolute Gasteiger partial charge is 0.161 e. The Labute approximate surface area is 120 Å². The van der Waals surface area contributed by atoms with Crippen molar-refractivity contribution in [2.75, 3.05) is 32.8 Å². The summed E-state index contributed by atoms with van der Waals surface area (Å²) in [4.78, 5) is 2.53. The van der Waals surface area contributed by atoms with Crippen LogP contribution in [0.3, 0.4) is 0 Å². The summed E-state index contributed by atoms with van der Waals surface area (Å²) in [6.07, 6.45) is 2.51. The second-order valence-corrected chi connectivity index (χ2v) is 5.82. The maximum Gasteiger partial charge on any atom is 0.161 e. The van der Waals surface area contributed by atoms with Crippen LogP contribution in [0.25, 0.3) is 0 Å². The summed E-state index contributed by atoms with van der Waals surface area (Å²) in [6, 6.07) is 6.72. The number of hydrogen-bond acceptors (Lipinski definition) is 4. The molecule has 0 aromatic heterocycles. The number of ether oxygens (including phenoxy) is 2. The molecule has 0 spiro atoms. The van der Waals surface area contributed by atoms with E-state index in [1.165, 1.54) is 18.4 Å². The highest BCUT2D eigenvalue weighted by Crippen LogP contribution is 2.35. The van der Waals surface area contributed by atoms with E-state index in [0.29, 0.717) is 25.2 Å². The van der Waals surface area contributed by atoms with Crippen LogP contribution in [-0.2, 0) is 0 Å². The molecule has 110 valence electrons. The Morgan fingerprint density at radius 3 is 2.90 bits per heavy atom. The Kier molecular flexibility index (Phi) is 4.13. The van der Waals surface area contributed by atoms with E-state index in [1.807, 2.05) is 6.07 Å². The second-order valence-electron chi connectivity index (χ2n) is 5.82. The molecule has 1 saturated heterocycles. The molecule has 0 aliphatic carbocycles. The zero-order valence-corrected chi connectivity index (χ0v) is 12.2. The van der Waals surface area contributed by atoms with Crippen LogP contribution in [0.5, 0.6) is 11.5 Å². The molecule has 3 rings (SSSR count). The first-order valence-electron chi connectivity index (χ1n) is 7.61. The number of fused-ring (bicyclic) bond motifs is 1. The fourth-order valence-corrected chi connectivity index (χ4v) is 3.17. The monoisotopic (exact) mass is 276 g/mol. The van der Waals surface area contributed by atoms with Crippen LogP contribution in [0, 0.1) is 5.92 Å². The molecule has 0 saturated carbocycles. The van der Waals surface area contributed by atoms with E-state index < -0.39 is 0 Å². The van der Waals surface area contributed by atoms with Gasteiger partial charge in [0.05, 0.1) is 0 Å². The minimum Gasteiger partial charge on any atom is -0.486 e. The molecule has 2 unspecified atom stereocenters. The summed E-state index contributed by atoms with van der Waals surface area (Å²) in [5, 5.41) is 0. The highest BCUT2D eigenvalue weighted by Gasteiger charge is 2.24. The Balaban J connectivity index is 1.74. The molecule has 2 heterocycles. The van der Waals surface area contributed by atoms with E-state index in [4.69, 9.17) is 15.2 Å². The largest absolute Gasteiger partial charge is 0.486 e. The predicted octanol–water partition coefficient (Wildman–Crippen LogP) is 2.19. The summed E-state index contributed by atoms with van der Waals surface area (Å²) < 4.78 is 11.3. The summed E-state index contributed by atoms with van der Waals surface area (Å²) in [6.45, 7) is 6.61. The highest BCUT2D eigenvalue weighted by atomic mass is 16.6. The third-order valence-electron chi connectivity index (χ3n) is 4.48. The van der Waals surface area contributed by atoms with Gasteiger partial charge in [-0.15, -0.1) is 0 Å². The molecule has 2 atom stereocenters. The van der Waals surface area contributed by atoms with E-state index in [-0.39, 0.29) is 0 Å². The molecular formula is C16H24N2O2. The molecular weight excluding hydrogens is 252 g/mol. The molecule has 4 heteroatoms. The lowest BCUT2D eigenvalue weighted by Gasteiger charge is -2.37. The van der Waals surface area contributed by atoms with E-state index in [1.54, 1.807) is 0 Å². The van der Waals surface area contributed by atoms with Crippen LogP contribution < -0.4 is 15.2 Å². The lowest BCUT2D eigenvalue weighted by molar-refractivity contribution is 0.133. The molecule has 2 aliphatic rings. The van der Waals surface area contributed by atoms with E-state index >= 15 is 0 Å². The summed E-state index contributed by atoms with van der Waals surface area (Å²) >= 11 is 0. The van der Waals surface area contributed by atoms with Crippen LogP contribution in [-0.4, -0.2) is 37.7 Å². The number of nitrogens with zero attached hydrogens (tertiary/aromatic N) is 1. The Morgan fingerprint density at radius 1 is 1.30 bits per heavy atom. The van der Waals surface area contributed by atoms with E-state index in [9.17, 15) is 0 Å². The van der Waals surface area contributed by atoms with Crippen LogP contribution in [0.4, 0.5) is 0 Å². The maximum atomic E-state index is 5.83. The quantitative estimate of drug-likeness (QED) is 0.919. The molecule has 2 N–H and O–H groups in total. The standard InChI is InChI=1S/C16H24N2O2/c1-12(18-6-2-3-13(10-17)11-18)14-4-5-15-16(9-14)20-8-7-19-15/h4-5,9,12-13H,2-3,6-8,10-11,17H2,1H3. The topological polar surface area (TPSA) is 47.7 Å². The minimum atomic E-state index is 0.403. The number of rotatable bonds is 3. The summed E-state index contributed by atoms with van der Waals surface area (Å²) in [5.41, 5.74) is 7.13. The van der Waals surface area contributed by atoms with Gasteiger partial charge in [0.25, 0.3) is 0 Å². The van der Waals surface area contributed by atoms with Gasteiger partial charge < -0.3 is 15.2 Å². The third-order valence-corrected chi connectivity index (χ3v) is 4.48. The van der Waals surface area contributed by atoms with Gasteiger partial charge in [-0.25, -0.2) is 0 Å². The molecule has 1 aromatic rings. The van der Waals surface area contributed by atoms with Crippen LogP contribution in [0.15, 0.2) is 18.2 Å². The molecule has 0 amide bonds. The predicted molar refractivity (Wildman–Crippen MR) is 79.2 cm³/mol. The van der Waals surface area contributed by atoms with Gasteiger partial charge in [-0.1, -0.05) is 6.07 Å². The van der Waals surface area contributed by atoms with Crippen molar-refractivity contribution in [1.29, 1.82) is 0 Å². The Hall–Kier alpha value is -1.26. The maximum absolute atomic E-state index is 5.83.